The molecule has 32 heavy (non-hydrogen) atoms. The summed E-state index contributed by atoms with van der Waals surface area (Å²) in [5.41, 5.74) is 4.53. The van der Waals surface area contributed by atoms with Gasteiger partial charge in [0.2, 0.25) is 5.91 Å². The molecule has 7 heteroatoms. The molecule has 2 amide bonds. The summed E-state index contributed by atoms with van der Waals surface area (Å²) < 4.78 is 0. The fourth-order valence-electron chi connectivity index (χ4n) is 3.98. The number of allylic oxidation sites excluding steroid dienone is 1. The molecular formula is C25H28ClN3O2S. The molecule has 2 aliphatic rings. The Labute approximate surface area is 198 Å². The molecule has 2 aromatic rings. The van der Waals surface area contributed by atoms with Crippen molar-refractivity contribution >= 4 is 46.6 Å². The third kappa shape index (κ3) is 5.87. The maximum atomic E-state index is 12.6. The molecule has 0 aromatic heterocycles. The van der Waals surface area contributed by atoms with Crippen LogP contribution in [0.2, 0.25) is 5.02 Å². The van der Waals surface area contributed by atoms with Gasteiger partial charge in [-0.2, -0.15) is 11.8 Å². The van der Waals surface area contributed by atoms with Crippen molar-refractivity contribution in [3.8, 4) is 0 Å². The molecule has 0 saturated heterocycles. The van der Waals surface area contributed by atoms with Gasteiger partial charge >= 0.3 is 0 Å². The van der Waals surface area contributed by atoms with E-state index in [0.717, 1.165) is 41.3 Å². The summed E-state index contributed by atoms with van der Waals surface area (Å²) in [6.45, 7) is 0.636. The zero-order valence-electron chi connectivity index (χ0n) is 18.0. The van der Waals surface area contributed by atoms with Gasteiger partial charge in [-0.15, -0.1) is 0 Å². The van der Waals surface area contributed by atoms with Crippen LogP contribution in [-0.2, 0) is 10.5 Å². The summed E-state index contributed by atoms with van der Waals surface area (Å²) in [6, 6.07) is 12.8. The topological polar surface area (TPSA) is 70.2 Å². The Bertz CT molecular complexity index is 1020. The lowest BCUT2D eigenvalue weighted by Crippen LogP contribution is -2.40. The fourth-order valence-corrected chi connectivity index (χ4v) is 5.32. The van der Waals surface area contributed by atoms with E-state index in [4.69, 9.17) is 11.6 Å². The van der Waals surface area contributed by atoms with Crippen LogP contribution in [0, 0.1) is 0 Å². The van der Waals surface area contributed by atoms with Gasteiger partial charge < -0.3 is 16.0 Å². The quantitative estimate of drug-likeness (QED) is 0.438. The van der Waals surface area contributed by atoms with E-state index < -0.39 is 0 Å². The summed E-state index contributed by atoms with van der Waals surface area (Å²) in [7, 11) is 0. The zero-order valence-corrected chi connectivity index (χ0v) is 19.5. The Morgan fingerprint density at radius 3 is 2.84 bits per heavy atom. The van der Waals surface area contributed by atoms with Crippen molar-refractivity contribution < 1.29 is 9.59 Å². The minimum Gasteiger partial charge on any atom is -0.371 e. The SMILES string of the molecule is O=C(NCCC1=CCCCC1)c1ccc2c(c1)NC(=O)C(CSCc1ccccc1Cl)N2. The predicted octanol–water partition coefficient (Wildman–Crippen LogP) is 5.63. The number of hydrogen-bond acceptors (Lipinski definition) is 4. The number of halogens is 1. The van der Waals surface area contributed by atoms with Crippen LogP contribution in [-0.4, -0.2) is 30.2 Å². The lowest BCUT2D eigenvalue weighted by atomic mass is 9.97. The highest BCUT2D eigenvalue weighted by Crippen LogP contribution is 2.30. The number of fused-ring (bicyclic) bond motifs is 1. The maximum absolute atomic E-state index is 12.6. The van der Waals surface area contributed by atoms with E-state index in [1.807, 2.05) is 30.3 Å². The Hall–Kier alpha value is -2.44. The molecule has 1 heterocycles. The minimum atomic E-state index is -0.335. The first-order chi connectivity index (χ1) is 15.6. The molecule has 0 radical (unpaired) electrons. The van der Waals surface area contributed by atoms with Gasteiger partial charge in [0.05, 0.1) is 11.4 Å². The summed E-state index contributed by atoms with van der Waals surface area (Å²) in [5.74, 6) is 1.16. The van der Waals surface area contributed by atoms with Crippen LogP contribution in [0.15, 0.2) is 54.1 Å². The lowest BCUT2D eigenvalue weighted by Gasteiger charge is -2.27. The average molecular weight is 470 g/mol. The van der Waals surface area contributed by atoms with Gasteiger partial charge in [-0.25, -0.2) is 0 Å². The van der Waals surface area contributed by atoms with Crippen LogP contribution in [0.25, 0.3) is 0 Å². The molecule has 3 N–H and O–H groups in total. The van der Waals surface area contributed by atoms with E-state index >= 15 is 0 Å². The summed E-state index contributed by atoms with van der Waals surface area (Å²) >= 11 is 7.87. The number of carbonyl (C=O) groups excluding carboxylic acids is 2. The molecule has 0 bridgehead atoms. The largest absolute Gasteiger partial charge is 0.371 e. The first-order valence-electron chi connectivity index (χ1n) is 11.1. The van der Waals surface area contributed by atoms with Gasteiger partial charge in [0.1, 0.15) is 6.04 Å². The van der Waals surface area contributed by atoms with Crippen LogP contribution in [0.1, 0.15) is 48.0 Å². The Balaban J connectivity index is 1.29. The second-order valence-corrected chi connectivity index (χ2v) is 9.60. The molecule has 5 nitrogen and oxygen atoms in total. The maximum Gasteiger partial charge on any atom is 0.251 e. The molecular weight excluding hydrogens is 442 g/mol. The van der Waals surface area contributed by atoms with Crippen molar-refractivity contribution in [2.75, 3.05) is 22.9 Å². The molecule has 0 fully saturated rings. The summed E-state index contributed by atoms with van der Waals surface area (Å²) in [6.07, 6.45) is 8.02. The Morgan fingerprint density at radius 2 is 2.03 bits per heavy atom. The first-order valence-corrected chi connectivity index (χ1v) is 12.6. The molecule has 1 aliphatic carbocycles. The number of benzene rings is 2. The fraction of sp³-hybridized carbons (Fsp3) is 0.360. The average Bonchev–Trinajstić information content (AvgIpc) is 2.81. The van der Waals surface area contributed by atoms with E-state index in [9.17, 15) is 9.59 Å². The zero-order chi connectivity index (χ0) is 22.3. The molecule has 2 aromatic carbocycles. The van der Waals surface area contributed by atoms with Gasteiger partial charge in [-0.05, 0) is 61.9 Å². The normalized spacial score (nSPS) is 17.6. The van der Waals surface area contributed by atoms with Crippen molar-refractivity contribution in [3.63, 3.8) is 0 Å². The minimum absolute atomic E-state index is 0.0917. The predicted molar refractivity (Wildman–Crippen MR) is 134 cm³/mol. The Kier molecular flexibility index (Phi) is 7.76. The van der Waals surface area contributed by atoms with Gasteiger partial charge in [0, 0.05) is 28.6 Å². The number of anilines is 2. The van der Waals surface area contributed by atoms with Crippen LogP contribution >= 0.6 is 23.4 Å². The third-order valence-electron chi connectivity index (χ3n) is 5.80. The molecule has 1 aliphatic heterocycles. The van der Waals surface area contributed by atoms with E-state index in [1.54, 1.807) is 23.9 Å². The van der Waals surface area contributed by atoms with Crippen molar-refractivity contribution in [2.45, 2.75) is 43.9 Å². The van der Waals surface area contributed by atoms with Crippen molar-refractivity contribution in [2.24, 2.45) is 0 Å². The van der Waals surface area contributed by atoms with Crippen LogP contribution in [0.5, 0.6) is 0 Å². The molecule has 168 valence electrons. The number of carbonyl (C=O) groups is 2. The highest BCUT2D eigenvalue weighted by molar-refractivity contribution is 7.98. The summed E-state index contributed by atoms with van der Waals surface area (Å²) in [5, 5.41) is 9.98. The number of hydrogen-bond donors (Lipinski definition) is 3. The standard InChI is InChI=1S/C25H28ClN3O2S/c26-20-9-5-4-8-19(20)15-32-16-23-25(31)29-22-14-18(10-11-21(22)28-23)24(30)27-13-12-17-6-2-1-3-7-17/h4-6,8-11,14,23,28H,1-3,7,12-13,15-16H2,(H,27,30)(H,29,31). The smallest absolute Gasteiger partial charge is 0.251 e. The van der Waals surface area contributed by atoms with Crippen molar-refractivity contribution in [1.29, 1.82) is 0 Å². The number of amides is 2. The van der Waals surface area contributed by atoms with Gasteiger partial charge in [-0.3, -0.25) is 9.59 Å². The number of thioether (sulfide) groups is 1. The number of nitrogens with one attached hydrogen (secondary N) is 3. The summed E-state index contributed by atoms with van der Waals surface area (Å²) in [4.78, 5) is 25.1. The third-order valence-corrected chi connectivity index (χ3v) is 7.26. The first kappa shape index (κ1) is 22.7. The highest BCUT2D eigenvalue weighted by Gasteiger charge is 2.26. The van der Waals surface area contributed by atoms with Crippen molar-refractivity contribution in [1.82, 2.24) is 5.32 Å². The lowest BCUT2D eigenvalue weighted by molar-refractivity contribution is -0.116. The molecule has 0 spiro atoms. The van der Waals surface area contributed by atoms with Crippen LogP contribution in [0.3, 0.4) is 0 Å². The number of rotatable bonds is 8. The molecule has 4 rings (SSSR count). The second-order valence-electron chi connectivity index (χ2n) is 8.17. The van der Waals surface area contributed by atoms with Crippen LogP contribution < -0.4 is 16.0 Å². The Morgan fingerprint density at radius 1 is 1.16 bits per heavy atom. The van der Waals surface area contributed by atoms with Gasteiger partial charge in [0.25, 0.3) is 5.91 Å². The van der Waals surface area contributed by atoms with Crippen molar-refractivity contribution in [3.05, 3.63) is 70.3 Å². The molecule has 0 saturated carbocycles. The van der Waals surface area contributed by atoms with E-state index in [1.165, 1.54) is 18.4 Å². The molecule has 1 atom stereocenters. The van der Waals surface area contributed by atoms with E-state index in [2.05, 4.69) is 22.0 Å². The highest BCUT2D eigenvalue weighted by atomic mass is 35.5. The second kappa shape index (κ2) is 10.9. The van der Waals surface area contributed by atoms with Crippen LogP contribution in [0.4, 0.5) is 11.4 Å². The van der Waals surface area contributed by atoms with Gasteiger partial charge in [0.15, 0.2) is 0 Å². The van der Waals surface area contributed by atoms with Gasteiger partial charge in [-0.1, -0.05) is 41.4 Å². The molecule has 1 unspecified atom stereocenters. The van der Waals surface area contributed by atoms with E-state index in [-0.39, 0.29) is 17.9 Å². The monoisotopic (exact) mass is 469 g/mol. The van der Waals surface area contributed by atoms with E-state index in [0.29, 0.717) is 23.5 Å².